The first-order valence-corrected chi connectivity index (χ1v) is 6.20. The van der Waals surface area contributed by atoms with E-state index in [2.05, 4.69) is 0 Å². The second-order valence-corrected chi connectivity index (χ2v) is 4.46. The quantitative estimate of drug-likeness (QED) is 0.686. The first-order chi connectivity index (χ1) is 9.58. The Morgan fingerprint density at radius 2 is 1.75 bits per heavy atom. The molecule has 0 amide bonds. The molecule has 4 nitrogen and oxygen atoms in total. The molecule has 0 saturated heterocycles. The molecule has 0 atom stereocenters. The van der Waals surface area contributed by atoms with Crippen LogP contribution in [0.5, 0.6) is 11.5 Å². The van der Waals surface area contributed by atoms with Crippen LogP contribution in [0.3, 0.4) is 0 Å². The molecule has 0 aliphatic rings. The van der Waals surface area contributed by atoms with Gasteiger partial charge in [-0.1, -0.05) is 17.7 Å². The number of aryl methyl sites for hydroxylation is 1. The maximum atomic E-state index is 12.7. The molecule has 2 N–H and O–H groups in total. The van der Waals surface area contributed by atoms with E-state index >= 15 is 0 Å². The Morgan fingerprint density at radius 1 is 1.05 bits per heavy atom. The second-order valence-electron chi connectivity index (χ2n) is 4.46. The molecule has 104 valence electrons. The minimum absolute atomic E-state index is 0.208. The zero-order valence-corrected chi connectivity index (χ0v) is 11.8. The summed E-state index contributed by atoms with van der Waals surface area (Å²) < 4.78 is 10.5. The van der Waals surface area contributed by atoms with Gasteiger partial charge >= 0.3 is 0 Å². The van der Waals surface area contributed by atoms with Crippen LogP contribution in [0.4, 0.5) is 5.69 Å². The van der Waals surface area contributed by atoms with Crippen molar-refractivity contribution < 1.29 is 14.3 Å². The van der Waals surface area contributed by atoms with Gasteiger partial charge < -0.3 is 15.2 Å². The number of carbonyl (C=O) groups excluding carboxylic acids is 1. The van der Waals surface area contributed by atoms with E-state index in [4.69, 9.17) is 15.2 Å². The number of anilines is 1. The lowest BCUT2D eigenvalue weighted by atomic mass is 9.98. The molecule has 0 fully saturated rings. The monoisotopic (exact) mass is 271 g/mol. The average molecular weight is 271 g/mol. The van der Waals surface area contributed by atoms with Gasteiger partial charge in [-0.05, 0) is 31.2 Å². The first-order valence-electron chi connectivity index (χ1n) is 6.20. The smallest absolute Gasteiger partial charge is 0.202 e. The molecule has 2 aromatic carbocycles. The molecular weight excluding hydrogens is 254 g/mol. The van der Waals surface area contributed by atoms with E-state index in [1.54, 1.807) is 30.3 Å². The first kappa shape index (κ1) is 13.9. The third kappa shape index (κ3) is 2.45. The number of hydrogen-bond acceptors (Lipinski definition) is 4. The molecule has 2 rings (SSSR count). The maximum absolute atomic E-state index is 12.7. The maximum Gasteiger partial charge on any atom is 0.202 e. The van der Waals surface area contributed by atoms with Crippen LogP contribution >= 0.6 is 0 Å². The lowest BCUT2D eigenvalue weighted by Crippen LogP contribution is -2.09. The standard InChI is InChI=1S/C16H17NO3/c1-10-7-8-13(19-2)11(9-10)16(18)15-12(17)5-4-6-14(15)20-3/h4-9H,17H2,1-3H3. The van der Waals surface area contributed by atoms with Crippen LogP contribution in [0.1, 0.15) is 21.5 Å². The largest absolute Gasteiger partial charge is 0.496 e. The van der Waals surface area contributed by atoms with Crippen LogP contribution in [-0.4, -0.2) is 20.0 Å². The Bertz CT molecular complexity index is 650. The molecule has 0 unspecified atom stereocenters. The molecule has 0 heterocycles. The zero-order chi connectivity index (χ0) is 14.7. The Hall–Kier alpha value is -2.49. The van der Waals surface area contributed by atoms with E-state index in [1.165, 1.54) is 14.2 Å². The average Bonchev–Trinajstić information content (AvgIpc) is 2.46. The van der Waals surface area contributed by atoms with E-state index in [-0.39, 0.29) is 5.78 Å². The molecule has 0 aromatic heterocycles. The van der Waals surface area contributed by atoms with E-state index in [9.17, 15) is 4.79 Å². The minimum atomic E-state index is -0.208. The second kappa shape index (κ2) is 5.65. The molecule has 4 heteroatoms. The lowest BCUT2D eigenvalue weighted by molar-refractivity contribution is 0.103. The lowest BCUT2D eigenvalue weighted by Gasteiger charge is -2.13. The summed E-state index contributed by atoms with van der Waals surface area (Å²) in [7, 11) is 3.05. The minimum Gasteiger partial charge on any atom is -0.496 e. The van der Waals surface area contributed by atoms with Gasteiger partial charge in [-0.25, -0.2) is 0 Å². The number of ketones is 1. The van der Waals surface area contributed by atoms with Gasteiger partial charge in [0.25, 0.3) is 0 Å². The Labute approximate surface area is 118 Å². The number of nitrogens with two attached hydrogens (primary N) is 1. The van der Waals surface area contributed by atoms with Crippen LogP contribution in [0.15, 0.2) is 36.4 Å². The SMILES string of the molecule is COc1ccc(C)cc1C(=O)c1c(N)cccc1OC. The fourth-order valence-corrected chi connectivity index (χ4v) is 2.10. The predicted octanol–water partition coefficient (Wildman–Crippen LogP) is 2.83. The number of rotatable bonds is 4. The highest BCUT2D eigenvalue weighted by molar-refractivity contribution is 6.15. The number of methoxy groups -OCH3 is 2. The third-order valence-electron chi connectivity index (χ3n) is 3.11. The third-order valence-corrected chi connectivity index (χ3v) is 3.11. The molecule has 0 bridgehead atoms. The van der Waals surface area contributed by atoms with Crippen LogP contribution in [0.2, 0.25) is 0 Å². The van der Waals surface area contributed by atoms with Gasteiger partial charge in [-0.3, -0.25) is 4.79 Å². The van der Waals surface area contributed by atoms with Crippen molar-refractivity contribution in [2.24, 2.45) is 0 Å². The van der Waals surface area contributed by atoms with Crippen molar-refractivity contribution in [3.63, 3.8) is 0 Å². The molecule has 0 aliphatic carbocycles. The van der Waals surface area contributed by atoms with Gasteiger partial charge in [0.1, 0.15) is 11.5 Å². The fourth-order valence-electron chi connectivity index (χ4n) is 2.10. The molecule has 0 radical (unpaired) electrons. The van der Waals surface area contributed by atoms with Crippen molar-refractivity contribution >= 4 is 11.5 Å². The fraction of sp³-hybridized carbons (Fsp3) is 0.188. The summed E-state index contributed by atoms with van der Waals surface area (Å²) in [6.45, 7) is 1.92. The number of ether oxygens (including phenoxy) is 2. The zero-order valence-electron chi connectivity index (χ0n) is 11.8. The van der Waals surface area contributed by atoms with Gasteiger partial charge in [0.2, 0.25) is 5.78 Å². The van der Waals surface area contributed by atoms with Crippen LogP contribution in [-0.2, 0) is 0 Å². The van der Waals surface area contributed by atoms with E-state index in [1.807, 2.05) is 13.0 Å². The summed E-state index contributed by atoms with van der Waals surface area (Å²) >= 11 is 0. The topological polar surface area (TPSA) is 61.5 Å². The highest BCUT2D eigenvalue weighted by Crippen LogP contribution is 2.30. The summed E-state index contributed by atoms with van der Waals surface area (Å²) in [4.78, 5) is 12.7. The number of nitrogen functional groups attached to an aromatic ring is 1. The summed E-state index contributed by atoms with van der Waals surface area (Å²) in [5, 5.41) is 0. The van der Waals surface area contributed by atoms with Crippen molar-refractivity contribution in [3.05, 3.63) is 53.1 Å². The summed E-state index contributed by atoms with van der Waals surface area (Å²) in [5.74, 6) is 0.768. The van der Waals surface area contributed by atoms with E-state index in [0.29, 0.717) is 28.3 Å². The Balaban J connectivity index is 2.60. The highest BCUT2D eigenvalue weighted by Gasteiger charge is 2.21. The van der Waals surface area contributed by atoms with Gasteiger partial charge in [0, 0.05) is 5.69 Å². The van der Waals surface area contributed by atoms with Crippen molar-refractivity contribution in [1.29, 1.82) is 0 Å². The number of benzene rings is 2. The molecular formula is C16H17NO3. The Kier molecular flexibility index (Phi) is 3.94. The van der Waals surface area contributed by atoms with E-state index < -0.39 is 0 Å². The van der Waals surface area contributed by atoms with Crippen LogP contribution in [0, 0.1) is 6.92 Å². The van der Waals surface area contributed by atoms with Crippen molar-refractivity contribution in [2.75, 3.05) is 20.0 Å². The van der Waals surface area contributed by atoms with Crippen LogP contribution in [0.25, 0.3) is 0 Å². The molecule has 2 aromatic rings. The van der Waals surface area contributed by atoms with Crippen molar-refractivity contribution in [3.8, 4) is 11.5 Å². The van der Waals surface area contributed by atoms with Gasteiger partial charge in [-0.2, -0.15) is 0 Å². The van der Waals surface area contributed by atoms with E-state index in [0.717, 1.165) is 5.56 Å². The van der Waals surface area contributed by atoms with Crippen molar-refractivity contribution in [2.45, 2.75) is 6.92 Å². The highest BCUT2D eigenvalue weighted by atomic mass is 16.5. The number of carbonyl (C=O) groups is 1. The molecule has 0 saturated carbocycles. The molecule has 0 aliphatic heterocycles. The number of hydrogen-bond donors (Lipinski definition) is 1. The normalized spacial score (nSPS) is 10.2. The van der Waals surface area contributed by atoms with Gasteiger partial charge in [0.05, 0.1) is 25.3 Å². The van der Waals surface area contributed by atoms with Gasteiger partial charge in [-0.15, -0.1) is 0 Å². The molecule has 20 heavy (non-hydrogen) atoms. The summed E-state index contributed by atoms with van der Waals surface area (Å²) in [5.41, 5.74) is 8.12. The summed E-state index contributed by atoms with van der Waals surface area (Å²) in [6.07, 6.45) is 0. The van der Waals surface area contributed by atoms with Gasteiger partial charge in [0.15, 0.2) is 0 Å². The predicted molar refractivity (Wildman–Crippen MR) is 78.6 cm³/mol. The van der Waals surface area contributed by atoms with Crippen molar-refractivity contribution in [1.82, 2.24) is 0 Å². The Morgan fingerprint density at radius 3 is 2.40 bits per heavy atom. The summed E-state index contributed by atoms with van der Waals surface area (Å²) in [6, 6.07) is 10.6. The van der Waals surface area contributed by atoms with Crippen LogP contribution < -0.4 is 15.2 Å². The molecule has 0 spiro atoms.